The van der Waals surface area contributed by atoms with Crippen LogP contribution in [-0.4, -0.2) is 53.4 Å². The van der Waals surface area contributed by atoms with Gasteiger partial charge in [-0.2, -0.15) is 0 Å². The van der Waals surface area contributed by atoms with Gasteiger partial charge in [0.25, 0.3) is 0 Å². The molecule has 1 aromatic carbocycles. The van der Waals surface area contributed by atoms with Gasteiger partial charge in [-0.3, -0.25) is 4.90 Å². The van der Waals surface area contributed by atoms with Crippen molar-refractivity contribution in [1.29, 1.82) is 0 Å². The molecule has 5 nitrogen and oxygen atoms in total. The summed E-state index contributed by atoms with van der Waals surface area (Å²) in [4.78, 5) is 2.23. The molecule has 0 aromatic heterocycles. The summed E-state index contributed by atoms with van der Waals surface area (Å²) in [5, 5.41) is 23.9. The predicted octanol–water partition coefficient (Wildman–Crippen LogP) is 1.51. The average molecular weight is 294 g/mol. The maximum Gasteiger partial charge on any atom is 0.121 e. The molecular weight excluding hydrogens is 268 g/mol. The van der Waals surface area contributed by atoms with Gasteiger partial charge >= 0.3 is 0 Å². The largest absolute Gasteiger partial charge is 0.508 e. The molecule has 1 heterocycles. The normalized spacial score (nSPS) is 19.5. The molecule has 5 heteroatoms. The quantitative estimate of drug-likeness (QED) is 0.768. The summed E-state index contributed by atoms with van der Waals surface area (Å²) in [7, 11) is 0. The molecule has 1 fully saturated rings. The predicted molar refractivity (Wildman–Crippen MR) is 82.7 cm³/mol. The number of hydrogen-bond acceptors (Lipinski definition) is 5. The van der Waals surface area contributed by atoms with Crippen LogP contribution in [0, 0.1) is 0 Å². The van der Waals surface area contributed by atoms with E-state index in [9.17, 15) is 10.2 Å². The van der Waals surface area contributed by atoms with Crippen molar-refractivity contribution in [3.05, 3.63) is 23.8 Å². The molecule has 3 N–H and O–H groups in total. The molecular formula is C16H26N2O3. The van der Waals surface area contributed by atoms with Gasteiger partial charge in [-0.05, 0) is 39.0 Å². The SMILES string of the molecule is CC(C)Oc1ccc(O)c(C(O)C(C)N2CCNCC2)c1. The molecule has 0 amide bonds. The first-order chi connectivity index (χ1) is 9.99. The van der Waals surface area contributed by atoms with E-state index in [-0.39, 0.29) is 17.9 Å². The number of phenols is 1. The van der Waals surface area contributed by atoms with Crippen molar-refractivity contribution in [3.63, 3.8) is 0 Å². The van der Waals surface area contributed by atoms with Crippen molar-refractivity contribution >= 4 is 0 Å². The smallest absolute Gasteiger partial charge is 0.121 e. The maximum absolute atomic E-state index is 10.6. The molecule has 0 aliphatic carbocycles. The van der Waals surface area contributed by atoms with Crippen molar-refractivity contribution < 1.29 is 14.9 Å². The number of nitrogens with one attached hydrogen (secondary N) is 1. The van der Waals surface area contributed by atoms with Gasteiger partial charge in [-0.15, -0.1) is 0 Å². The highest BCUT2D eigenvalue weighted by Crippen LogP contribution is 2.32. The molecule has 0 bridgehead atoms. The van der Waals surface area contributed by atoms with Gasteiger partial charge in [0.15, 0.2) is 0 Å². The lowest BCUT2D eigenvalue weighted by atomic mass is 10.0. The topological polar surface area (TPSA) is 65.0 Å². The number of aromatic hydroxyl groups is 1. The molecule has 0 radical (unpaired) electrons. The van der Waals surface area contributed by atoms with Crippen molar-refractivity contribution in [2.24, 2.45) is 0 Å². The first-order valence-corrected chi connectivity index (χ1v) is 7.61. The molecule has 2 rings (SSSR count). The minimum absolute atomic E-state index is 0.0488. The van der Waals surface area contributed by atoms with Gasteiger partial charge < -0.3 is 20.3 Å². The van der Waals surface area contributed by atoms with Crippen LogP contribution in [0.2, 0.25) is 0 Å². The highest BCUT2D eigenvalue weighted by Gasteiger charge is 2.26. The van der Waals surface area contributed by atoms with Gasteiger partial charge in [-0.25, -0.2) is 0 Å². The lowest BCUT2D eigenvalue weighted by molar-refractivity contribution is 0.0493. The molecule has 1 aromatic rings. The molecule has 0 saturated carbocycles. The molecule has 1 aliphatic heterocycles. The van der Waals surface area contributed by atoms with Gasteiger partial charge in [-0.1, -0.05) is 0 Å². The van der Waals surface area contributed by atoms with Crippen molar-refractivity contribution in [3.8, 4) is 11.5 Å². The number of nitrogens with zero attached hydrogens (tertiary/aromatic N) is 1. The van der Waals surface area contributed by atoms with Crippen LogP contribution < -0.4 is 10.1 Å². The van der Waals surface area contributed by atoms with E-state index in [4.69, 9.17) is 4.74 Å². The van der Waals surface area contributed by atoms with Crippen LogP contribution in [0.5, 0.6) is 11.5 Å². The van der Waals surface area contributed by atoms with E-state index in [2.05, 4.69) is 10.2 Å². The van der Waals surface area contributed by atoms with E-state index in [0.717, 1.165) is 26.2 Å². The summed E-state index contributed by atoms with van der Waals surface area (Å²) in [6, 6.07) is 4.99. The second-order valence-electron chi connectivity index (χ2n) is 5.86. The Balaban J connectivity index is 2.14. The molecule has 118 valence electrons. The van der Waals surface area contributed by atoms with E-state index in [1.807, 2.05) is 20.8 Å². The zero-order valence-corrected chi connectivity index (χ0v) is 13.0. The van der Waals surface area contributed by atoms with Crippen molar-refractivity contribution in [2.45, 2.75) is 39.0 Å². The minimum Gasteiger partial charge on any atom is -0.508 e. The zero-order valence-electron chi connectivity index (χ0n) is 13.0. The van der Waals surface area contributed by atoms with E-state index in [1.54, 1.807) is 18.2 Å². The summed E-state index contributed by atoms with van der Waals surface area (Å²) < 4.78 is 5.64. The monoisotopic (exact) mass is 294 g/mol. The Labute approximate surface area is 126 Å². The number of aliphatic hydroxyl groups is 1. The number of benzene rings is 1. The van der Waals surface area contributed by atoms with Gasteiger partial charge in [0.1, 0.15) is 11.5 Å². The first-order valence-electron chi connectivity index (χ1n) is 7.61. The summed E-state index contributed by atoms with van der Waals surface area (Å²) >= 11 is 0. The van der Waals surface area contributed by atoms with E-state index in [1.165, 1.54) is 0 Å². The fourth-order valence-electron chi connectivity index (χ4n) is 2.66. The molecule has 1 saturated heterocycles. The lowest BCUT2D eigenvalue weighted by Gasteiger charge is -2.35. The number of rotatable bonds is 5. The van der Waals surface area contributed by atoms with Gasteiger partial charge in [0.2, 0.25) is 0 Å². The molecule has 1 aliphatic rings. The van der Waals surface area contributed by atoms with E-state index >= 15 is 0 Å². The third kappa shape index (κ3) is 4.09. The van der Waals surface area contributed by atoms with Gasteiger partial charge in [0.05, 0.1) is 12.2 Å². The molecule has 2 atom stereocenters. The highest BCUT2D eigenvalue weighted by molar-refractivity contribution is 5.41. The summed E-state index contributed by atoms with van der Waals surface area (Å²) in [6.07, 6.45) is -0.677. The number of ether oxygens (including phenoxy) is 1. The Bertz CT molecular complexity index is 459. The van der Waals surface area contributed by atoms with Crippen molar-refractivity contribution in [1.82, 2.24) is 10.2 Å². The fraction of sp³-hybridized carbons (Fsp3) is 0.625. The number of phenolic OH excluding ortho intramolecular Hbond substituents is 1. The first kappa shape index (κ1) is 16.1. The van der Waals surface area contributed by atoms with Crippen LogP contribution in [0.15, 0.2) is 18.2 Å². The van der Waals surface area contributed by atoms with Crippen LogP contribution in [0.4, 0.5) is 0 Å². The highest BCUT2D eigenvalue weighted by atomic mass is 16.5. The van der Waals surface area contributed by atoms with E-state index < -0.39 is 6.10 Å². The Morgan fingerprint density at radius 2 is 1.86 bits per heavy atom. The van der Waals surface area contributed by atoms with E-state index in [0.29, 0.717) is 11.3 Å². The van der Waals surface area contributed by atoms with Crippen LogP contribution in [-0.2, 0) is 0 Å². The maximum atomic E-state index is 10.6. The summed E-state index contributed by atoms with van der Waals surface area (Å²) in [5.41, 5.74) is 0.527. The van der Waals surface area contributed by atoms with Crippen molar-refractivity contribution in [2.75, 3.05) is 26.2 Å². The second kappa shape index (κ2) is 7.11. The number of hydrogen-bond donors (Lipinski definition) is 3. The third-order valence-electron chi connectivity index (χ3n) is 3.87. The minimum atomic E-state index is -0.737. The Morgan fingerprint density at radius 3 is 2.48 bits per heavy atom. The van der Waals surface area contributed by atoms with Crippen LogP contribution in [0.1, 0.15) is 32.4 Å². The van der Waals surface area contributed by atoms with Crippen LogP contribution in [0.3, 0.4) is 0 Å². The number of piperazine rings is 1. The van der Waals surface area contributed by atoms with Crippen LogP contribution in [0.25, 0.3) is 0 Å². The fourth-order valence-corrected chi connectivity index (χ4v) is 2.66. The Kier molecular flexibility index (Phi) is 5.45. The number of aliphatic hydroxyl groups excluding tert-OH is 1. The molecule has 21 heavy (non-hydrogen) atoms. The summed E-state index contributed by atoms with van der Waals surface area (Å²) in [5.74, 6) is 0.782. The van der Waals surface area contributed by atoms with Gasteiger partial charge in [0, 0.05) is 37.8 Å². The third-order valence-corrected chi connectivity index (χ3v) is 3.87. The zero-order chi connectivity index (χ0) is 15.4. The molecule has 2 unspecified atom stereocenters. The Morgan fingerprint density at radius 1 is 1.19 bits per heavy atom. The van der Waals surface area contributed by atoms with Crippen LogP contribution >= 0.6 is 0 Å². The summed E-state index contributed by atoms with van der Waals surface area (Å²) in [6.45, 7) is 9.56. The second-order valence-corrected chi connectivity index (χ2v) is 5.86. The molecule has 0 spiro atoms. The lowest BCUT2D eigenvalue weighted by Crippen LogP contribution is -2.49. The Hall–Kier alpha value is -1.30. The standard InChI is InChI=1S/C16H26N2O3/c1-11(2)21-13-4-5-15(19)14(10-13)16(20)12(3)18-8-6-17-7-9-18/h4-5,10-12,16-17,19-20H,6-9H2,1-3H3. The average Bonchev–Trinajstić information content (AvgIpc) is 2.48.